The lowest BCUT2D eigenvalue weighted by Crippen LogP contribution is -2.49. The normalized spacial score (nSPS) is 22.9. The number of rotatable bonds is 2. The lowest BCUT2D eigenvalue weighted by atomic mass is 10.1. The Hall–Kier alpha value is -1.13. The molecule has 2 N–H and O–H groups in total. The van der Waals surface area contributed by atoms with Gasteiger partial charge in [0, 0.05) is 43.5 Å². The van der Waals surface area contributed by atoms with E-state index in [1.54, 1.807) is 12.1 Å². The van der Waals surface area contributed by atoms with Crippen molar-refractivity contribution in [2.24, 2.45) is 0 Å². The van der Waals surface area contributed by atoms with Crippen LogP contribution >= 0.6 is 0 Å². The number of halogens is 1. The van der Waals surface area contributed by atoms with Crippen molar-refractivity contribution >= 4 is 5.69 Å². The maximum Gasteiger partial charge on any atom is 0.129 e. The molecule has 0 radical (unpaired) electrons. The van der Waals surface area contributed by atoms with Gasteiger partial charge in [0.05, 0.1) is 0 Å². The molecule has 0 amide bonds. The van der Waals surface area contributed by atoms with E-state index in [1.807, 2.05) is 0 Å². The molecule has 17 heavy (non-hydrogen) atoms. The highest BCUT2D eigenvalue weighted by atomic mass is 19.1. The maximum atomic E-state index is 13.7. The van der Waals surface area contributed by atoms with E-state index in [0.717, 1.165) is 25.2 Å². The molecule has 1 aliphatic rings. The molecule has 1 saturated heterocycles. The average Bonchev–Trinajstić information content (AvgIpc) is 2.27. The molecule has 3 nitrogen and oxygen atoms in total. The summed E-state index contributed by atoms with van der Waals surface area (Å²) < 4.78 is 13.7. The minimum atomic E-state index is -0.198. The summed E-state index contributed by atoms with van der Waals surface area (Å²) in [7, 11) is 2.13. The second-order valence-corrected chi connectivity index (χ2v) is 4.92. The molecule has 1 atom stereocenters. The summed E-state index contributed by atoms with van der Waals surface area (Å²) in [5, 5.41) is 0. The molecular formula is C13H20FN3. The Balaban J connectivity index is 2.01. The highest BCUT2D eigenvalue weighted by Crippen LogP contribution is 2.16. The first-order chi connectivity index (χ1) is 8.06. The molecule has 0 spiro atoms. The molecular weight excluding hydrogens is 217 g/mol. The third-order valence-electron chi connectivity index (χ3n) is 3.51. The molecule has 1 aliphatic heterocycles. The Labute approximate surface area is 102 Å². The summed E-state index contributed by atoms with van der Waals surface area (Å²) in [5.74, 6) is -0.198. The second-order valence-electron chi connectivity index (χ2n) is 4.92. The van der Waals surface area contributed by atoms with Crippen LogP contribution in [-0.2, 0) is 6.54 Å². The van der Waals surface area contributed by atoms with Gasteiger partial charge in [0.25, 0.3) is 0 Å². The summed E-state index contributed by atoms with van der Waals surface area (Å²) in [6.07, 6.45) is 0. The van der Waals surface area contributed by atoms with Gasteiger partial charge >= 0.3 is 0 Å². The molecule has 0 aromatic heterocycles. The van der Waals surface area contributed by atoms with E-state index < -0.39 is 0 Å². The van der Waals surface area contributed by atoms with Crippen LogP contribution in [0.4, 0.5) is 10.1 Å². The number of benzene rings is 1. The van der Waals surface area contributed by atoms with E-state index in [4.69, 9.17) is 5.73 Å². The van der Waals surface area contributed by atoms with Gasteiger partial charge in [0.1, 0.15) is 5.82 Å². The number of nitrogens with two attached hydrogens (primary N) is 1. The monoisotopic (exact) mass is 237 g/mol. The standard InChI is InChI=1S/C13H20FN3/c1-10-8-17(6-5-16(10)2)9-11-3-4-12(15)7-13(11)14/h3-4,7,10H,5-6,8-9,15H2,1-2H3. The first-order valence-electron chi connectivity index (χ1n) is 6.03. The van der Waals surface area contributed by atoms with Crippen LogP contribution in [0.3, 0.4) is 0 Å². The van der Waals surface area contributed by atoms with Crippen molar-refractivity contribution in [2.45, 2.75) is 19.5 Å². The number of hydrogen-bond donors (Lipinski definition) is 1. The zero-order valence-corrected chi connectivity index (χ0v) is 10.5. The van der Waals surface area contributed by atoms with Gasteiger partial charge in [-0.15, -0.1) is 0 Å². The predicted octanol–water partition coefficient (Wildman–Crippen LogP) is 1.54. The van der Waals surface area contributed by atoms with Crippen LogP contribution < -0.4 is 5.73 Å². The lowest BCUT2D eigenvalue weighted by molar-refractivity contribution is 0.0991. The van der Waals surface area contributed by atoms with Gasteiger partial charge in [-0.2, -0.15) is 0 Å². The number of nitrogens with zero attached hydrogens (tertiary/aromatic N) is 2. The van der Waals surface area contributed by atoms with Gasteiger partial charge in [-0.3, -0.25) is 4.90 Å². The van der Waals surface area contributed by atoms with Crippen molar-refractivity contribution in [3.8, 4) is 0 Å². The van der Waals surface area contributed by atoms with Crippen LogP contribution in [0.5, 0.6) is 0 Å². The fraction of sp³-hybridized carbons (Fsp3) is 0.538. The zero-order valence-electron chi connectivity index (χ0n) is 10.5. The Morgan fingerprint density at radius 2 is 2.18 bits per heavy atom. The molecule has 1 aromatic rings. The Bertz CT molecular complexity index is 394. The van der Waals surface area contributed by atoms with E-state index >= 15 is 0 Å². The van der Waals surface area contributed by atoms with Gasteiger partial charge in [-0.1, -0.05) is 6.07 Å². The van der Waals surface area contributed by atoms with Crippen molar-refractivity contribution in [3.63, 3.8) is 0 Å². The van der Waals surface area contributed by atoms with E-state index in [-0.39, 0.29) is 5.82 Å². The van der Waals surface area contributed by atoms with Crippen LogP contribution in [-0.4, -0.2) is 42.5 Å². The van der Waals surface area contributed by atoms with Crippen LogP contribution in [0, 0.1) is 5.82 Å². The number of anilines is 1. The number of piperazine rings is 1. The summed E-state index contributed by atoms with van der Waals surface area (Å²) in [6, 6.07) is 5.47. The smallest absolute Gasteiger partial charge is 0.129 e. The first kappa shape index (κ1) is 12.3. The largest absolute Gasteiger partial charge is 0.399 e. The van der Waals surface area contributed by atoms with E-state index in [1.165, 1.54) is 6.07 Å². The maximum absolute atomic E-state index is 13.7. The molecule has 1 heterocycles. The molecule has 1 unspecified atom stereocenters. The first-order valence-corrected chi connectivity index (χ1v) is 6.03. The molecule has 0 aliphatic carbocycles. The van der Waals surface area contributed by atoms with Crippen LogP contribution in [0.15, 0.2) is 18.2 Å². The van der Waals surface area contributed by atoms with Crippen molar-refractivity contribution in [1.82, 2.24) is 9.80 Å². The SMILES string of the molecule is CC1CN(Cc2ccc(N)cc2F)CCN1C. The fourth-order valence-corrected chi connectivity index (χ4v) is 2.20. The highest BCUT2D eigenvalue weighted by molar-refractivity contribution is 5.40. The summed E-state index contributed by atoms with van der Waals surface area (Å²) >= 11 is 0. The van der Waals surface area contributed by atoms with Crippen molar-refractivity contribution in [2.75, 3.05) is 32.4 Å². The fourth-order valence-electron chi connectivity index (χ4n) is 2.20. The third kappa shape index (κ3) is 2.96. The van der Waals surface area contributed by atoms with Gasteiger partial charge in [0.2, 0.25) is 0 Å². The Morgan fingerprint density at radius 1 is 1.41 bits per heavy atom. The second kappa shape index (κ2) is 5.02. The summed E-state index contributed by atoms with van der Waals surface area (Å²) in [4.78, 5) is 4.62. The number of hydrogen-bond acceptors (Lipinski definition) is 3. The third-order valence-corrected chi connectivity index (χ3v) is 3.51. The molecule has 0 saturated carbocycles. The van der Waals surface area contributed by atoms with E-state index in [0.29, 0.717) is 18.3 Å². The molecule has 1 aromatic carbocycles. The van der Waals surface area contributed by atoms with Crippen LogP contribution in [0.25, 0.3) is 0 Å². The summed E-state index contributed by atoms with van der Waals surface area (Å²) in [6.45, 7) is 5.89. The Kier molecular flexibility index (Phi) is 3.64. The van der Waals surface area contributed by atoms with Gasteiger partial charge in [-0.05, 0) is 26.1 Å². The molecule has 4 heteroatoms. The summed E-state index contributed by atoms with van der Waals surface area (Å²) in [5.41, 5.74) is 6.76. The molecule has 0 bridgehead atoms. The van der Waals surface area contributed by atoms with Gasteiger partial charge < -0.3 is 10.6 Å². The lowest BCUT2D eigenvalue weighted by Gasteiger charge is -2.37. The Morgan fingerprint density at radius 3 is 2.82 bits per heavy atom. The number of likely N-dealkylation sites (N-methyl/N-ethyl adjacent to an activating group) is 1. The van der Waals surface area contributed by atoms with Crippen molar-refractivity contribution in [1.29, 1.82) is 0 Å². The average molecular weight is 237 g/mol. The minimum Gasteiger partial charge on any atom is -0.399 e. The quantitative estimate of drug-likeness (QED) is 0.792. The van der Waals surface area contributed by atoms with Crippen molar-refractivity contribution in [3.05, 3.63) is 29.6 Å². The van der Waals surface area contributed by atoms with Crippen LogP contribution in [0.1, 0.15) is 12.5 Å². The van der Waals surface area contributed by atoms with E-state index in [9.17, 15) is 4.39 Å². The zero-order chi connectivity index (χ0) is 12.4. The van der Waals surface area contributed by atoms with Gasteiger partial charge in [0.15, 0.2) is 0 Å². The molecule has 2 rings (SSSR count). The minimum absolute atomic E-state index is 0.198. The number of nitrogen functional groups attached to an aromatic ring is 1. The van der Waals surface area contributed by atoms with Crippen LogP contribution in [0.2, 0.25) is 0 Å². The van der Waals surface area contributed by atoms with Gasteiger partial charge in [-0.25, -0.2) is 4.39 Å². The topological polar surface area (TPSA) is 32.5 Å². The predicted molar refractivity (Wildman–Crippen MR) is 68.2 cm³/mol. The highest BCUT2D eigenvalue weighted by Gasteiger charge is 2.21. The molecule has 94 valence electrons. The van der Waals surface area contributed by atoms with E-state index in [2.05, 4.69) is 23.8 Å². The van der Waals surface area contributed by atoms with Crippen molar-refractivity contribution < 1.29 is 4.39 Å². The molecule has 1 fully saturated rings.